The number of aliphatic imine (C=N–C) groups is 1. The maximum Gasteiger partial charge on any atom is 0.337 e. The Bertz CT molecular complexity index is 1050. The van der Waals surface area contributed by atoms with Crippen molar-refractivity contribution in [1.29, 1.82) is 0 Å². The number of carbonyl (C=O) groups is 2. The van der Waals surface area contributed by atoms with Crippen LogP contribution in [0.25, 0.3) is 6.08 Å². The molecule has 1 heterocycles. The van der Waals surface area contributed by atoms with Gasteiger partial charge in [-0.2, -0.15) is 0 Å². The third kappa shape index (κ3) is 5.27. The number of thioether (sulfide) groups is 1. The van der Waals surface area contributed by atoms with Crippen LogP contribution in [0.4, 0.5) is 5.69 Å². The quantitative estimate of drug-likeness (QED) is 0.468. The highest BCUT2D eigenvalue weighted by Crippen LogP contribution is 2.35. The number of benzene rings is 2. The van der Waals surface area contributed by atoms with Crippen LogP contribution >= 0.6 is 11.8 Å². The van der Waals surface area contributed by atoms with Gasteiger partial charge in [-0.05, 0) is 54.1 Å². The highest BCUT2D eigenvalue weighted by atomic mass is 32.2. The second-order valence-electron chi connectivity index (χ2n) is 6.80. The maximum atomic E-state index is 12.7. The van der Waals surface area contributed by atoms with E-state index in [-0.39, 0.29) is 11.5 Å². The molecule has 1 fully saturated rings. The average molecular weight is 441 g/mol. The summed E-state index contributed by atoms with van der Waals surface area (Å²) in [6.07, 6.45) is 3.76. The van der Waals surface area contributed by atoms with E-state index >= 15 is 0 Å². The Morgan fingerprint density at radius 1 is 1.23 bits per heavy atom. The number of methoxy groups -OCH3 is 1. The van der Waals surface area contributed by atoms with Crippen LogP contribution in [0.5, 0.6) is 11.5 Å². The first-order chi connectivity index (χ1) is 14.9. The lowest BCUT2D eigenvalue weighted by Crippen LogP contribution is -2.23. The summed E-state index contributed by atoms with van der Waals surface area (Å²) in [5, 5.41) is 9.77. The highest BCUT2D eigenvalue weighted by Gasteiger charge is 2.30. The van der Waals surface area contributed by atoms with Gasteiger partial charge in [0, 0.05) is 7.05 Å². The second-order valence-corrected chi connectivity index (χ2v) is 7.81. The van der Waals surface area contributed by atoms with Gasteiger partial charge >= 0.3 is 5.97 Å². The smallest absolute Gasteiger partial charge is 0.337 e. The van der Waals surface area contributed by atoms with Crippen molar-refractivity contribution >= 4 is 40.6 Å². The van der Waals surface area contributed by atoms with Crippen LogP contribution in [-0.4, -0.2) is 47.8 Å². The van der Waals surface area contributed by atoms with Crippen molar-refractivity contribution in [1.82, 2.24) is 4.90 Å². The number of para-hydroxylation sites is 1. The predicted octanol–water partition coefficient (Wildman–Crippen LogP) is 4.81. The lowest BCUT2D eigenvalue weighted by Gasteiger charge is -2.11. The monoisotopic (exact) mass is 440 g/mol. The maximum absolute atomic E-state index is 12.7. The SMILES string of the molecule is CCCCOc1ccc(/C=C2\SC(=Nc3ccccc3C(=O)O)N(C)C2=O)cc1OC. The molecule has 1 saturated heterocycles. The molecule has 0 radical (unpaired) electrons. The molecule has 1 aliphatic rings. The molecule has 162 valence electrons. The van der Waals surface area contributed by atoms with E-state index in [9.17, 15) is 14.7 Å². The summed E-state index contributed by atoms with van der Waals surface area (Å²) >= 11 is 1.19. The number of carboxylic acids is 1. The minimum atomic E-state index is -1.07. The second kappa shape index (κ2) is 10.2. The van der Waals surface area contributed by atoms with Crippen molar-refractivity contribution in [2.24, 2.45) is 4.99 Å². The van der Waals surface area contributed by atoms with Crippen molar-refractivity contribution in [2.75, 3.05) is 20.8 Å². The van der Waals surface area contributed by atoms with Crippen LogP contribution in [0.3, 0.4) is 0 Å². The molecule has 0 spiro atoms. The molecular formula is C23H24N2O5S. The van der Waals surface area contributed by atoms with Crippen molar-refractivity contribution in [2.45, 2.75) is 19.8 Å². The molecule has 1 amide bonds. The summed E-state index contributed by atoms with van der Waals surface area (Å²) in [7, 11) is 3.19. The van der Waals surface area contributed by atoms with E-state index in [4.69, 9.17) is 9.47 Å². The van der Waals surface area contributed by atoms with Crippen molar-refractivity contribution in [3.05, 3.63) is 58.5 Å². The fourth-order valence-corrected chi connectivity index (χ4v) is 3.86. The first kappa shape index (κ1) is 22.4. The Morgan fingerprint density at radius 3 is 2.71 bits per heavy atom. The van der Waals surface area contributed by atoms with E-state index in [2.05, 4.69) is 11.9 Å². The van der Waals surface area contributed by atoms with Gasteiger partial charge in [0.05, 0.1) is 29.9 Å². The molecule has 0 saturated carbocycles. The molecule has 3 rings (SSSR count). The third-order valence-electron chi connectivity index (χ3n) is 4.60. The van der Waals surface area contributed by atoms with Crippen LogP contribution in [0.2, 0.25) is 0 Å². The van der Waals surface area contributed by atoms with Crippen LogP contribution < -0.4 is 9.47 Å². The summed E-state index contributed by atoms with van der Waals surface area (Å²) in [5.74, 6) is -0.0218. The Kier molecular flexibility index (Phi) is 7.36. The molecule has 0 aromatic heterocycles. The minimum Gasteiger partial charge on any atom is -0.493 e. The zero-order valence-corrected chi connectivity index (χ0v) is 18.4. The summed E-state index contributed by atoms with van der Waals surface area (Å²) in [4.78, 5) is 30.4. The zero-order chi connectivity index (χ0) is 22.4. The summed E-state index contributed by atoms with van der Waals surface area (Å²) in [6, 6.07) is 11.9. The van der Waals surface area contributed by atoms with Crippen molar-refractivity contribution in [3.8, 4) is 11.5 Å². The van der Waals surface area contributed by atoms with Crippen molar-refractivity contribution < 1.29 is 24.2 Å². The number of aromatic carboxylic acids is 1. The average Bonchev–Trinajstić information content (AvgIpc) is 3.02. The molecule has 8 heteroatoms. The minimum absolute atomic E-state index is 0.0808. The Balaban J connectivity index is 1.86. The van der Waals surface area contributed by atoms with Crippen molar-refractivity contribution in [3.63, 3.8) is 0 Å². The normalized spacial score (nSPS) is 16.2. The molecule has 0 aliphatic carbocycles. The lowest BCUT2D eigenvalue weighted by atomic mass is 10.2. The topological polar surface area (TPSA) is 88.4 Å². The fraction of sp³-hybridized carbons (Fsp3) is 0.261. The molecule has 1 N–H and O–H groups in total. The lowest BCUT2D eigenvalue weighted by molar-refractivity contribution is -0.121. The first-order valence-electron chi connectivity index (χ1n) is 9.84. The molecule has 2 aromatic rings. The molecule has 0 atom stereocenters. The summed E-state index contributed by atoms with van der Waals surface area (Å²) in [5.41, 5.74) is 1.17. The van der Waals surface area contributed by atoms with Crippen LogP contribution in [0.15, 0.2) is 52.4 Å². The number of ether oxygens (including phenoxy) is 2. The standard InChI is InChI=1S/C23H24N2O5S/c1-4-5-12-30-18-11-10-15(13-19(18)29-3)14-20-21(26)25(2)23(31-20)24-17-9-7-6-8-16(17)22(27)28/h6-11,13-14H,4-5,12H2,1-3H3,(H,27,28)/b20-14-,24-23?. The van der Waals surface area contributed by atoms with E-state index < -0.39 is 5.97 Å². The largest absolute Gasteiger partial charge is 0.493 e. The van der Waals surface area contributed by atoms with Crippen LogP contribution in [0.1, 0.15) is 35.7 Å². The number of hydrogen-bond donors (Lipinski definition) is 1. The number of likely N-dealkylation sites (N-methyl/N-ethyl adjacent to an activating group) is 1. The Labute approximate surface area is 185 Å². The van der Waals surface area contributed by atoms with Gasteiger partial charge in [-0.1, -0.05) is 31.5 Å². The molecule has 0 bridgehead atoms. The Hall–Kier alpha value is -3.26. The van der Waals surface area contributed by atoms with E-state index in [1.54, 1.807) is 38.4 Å². The van der Waals surface area contributed by atoms with Gasteiger partial charge in [0.2, 0.25) is 0 Å². The van der Waals surface area contributed by atoms with E-state index in [0.29, 0.717) is 33.9 Å². The van der Waals surface area contributed by atoms with Gasteiger partial charge in [-0.25, -0.2) is 9.79 Å². The van der Waals surface area contributed by atoms with E-state index in [1.165, 1.54) is 22.7 Å². The molecular weight excluding hydrogens is 416 g/mol. The summed E-state index contributed by atoms with van der Waals surface area (Å²) in [6.45, 7) is 2.71. The number of unbranched alkanes of at least 4 members (excludes halogenated alkanes) is 1. The van der Waals surface area contributed by atoms with Crippen LogP contribution in [-0.2, 0) is 4.79 Å². The number of amides is 1. The zero-order valence-electron chi connectivity index (χ0n) is 17.6. The van der Waals surface area contributed by atoms with Gasteiger partial charge in [0.25, 0.3) is 5.91 Å². The number of amidine groups is 1. The van der Waals surface area contributed by atoms with Gasteiger partial charge in [0.15, 0.2) is 16.7 Å². The number of carboxylic acid groups (broad SMARTS) is 1. The van der Waals surface area contributed by atoms with E-state index in [0.717, 1.165) is 18.4 Å². The van der Waals surface area contributed by atoms with Gasteiger partial charge in [-0.3, -0.25) is 9.69 Å². The van der Waals surface area contributed by atoms with E-state index in [1.807, 2.05) is 18.2 Å². The third-order valence-corrected chi connectivity index (χ3v) is 5.66. The highest BCUT2D eigenvalue weighted by molar-refractivity contribution is 8.18. The number of hydrogen-bond acceptors (Lipinski definition) is 6. The molecule has 31 heavy (non-hydrogen) atoms. The molecule has 7 nitrogen and oxygen atoms in total. The molecule has 1 aliphatic heterocycles. The van der Waals surface area contributed by atoms with Gasteiger partial charge in [0.1, 0.15) is 0 Å². The molecule has 0 unspecified atom stereocenters. The van der Waals surface area contributed by atoms with Gasteiger partial charge in [-0.15, -0.1) is 0 Å². The molecule has 2 aromatic carbocycles. The first-order valence-corrected chi connectivity index (χ1v) is 10.7. The number of rotatable bonds is 8. The summed E-state index contributed by atoms with van der Waals surface area (Å²) < 4.78 is 11.2. The number of nitrogens with zero attached hydrogens (tertiary/aromatic N) is 2. The Morgan fingerprint density at radius 2 is 2.00 bits per heavy atom. The van der Waals surface area contributed by atoms with Crippen LogP contribution in [0, 0.1) is 0 Å². The van der Waals surface area contributed by atoms with Gasteiger partial charge < -0.3 is 14.6 Å². The number of carbonyl (C=O) groups excluding carboxylic acids is 1. The predicted molar refractivity (Wildman–Crippen MR) is 122 cm³/mol. The fourth-order valence-electron chi connectivity index (χ4n) is 2.88.